The molecule has 0 saturated carbocycles. The summed E-state index contributed by atoms with van der Waals surface area (Å²) >= 11 is 0. The molecule has 2 heterocycles. The Kier molecular flexibility index (Phi) is 2.73. The molecule has 0 radical (unpaired) electrons. The van der Waals surface area contributed by atoms with Crippen LogP contribution in [0.2, 0.25) is 0 Å². The van der Waals surface area contributed by atoms with Crippen molar-refractivity contribution >= 4 is 12.0 Å². The van der Waals surface area contributed by atoms with Crippen molar-refractivity contribution in [3.63, 3.8) is 0 Å². The Morgan fingerprint density at radius 1 is 1.56 bits per heavy atom. The van der Waals surface area contributed by atoms with Gasteiger partial charge in [0, 0.05) is 0 Å². The average Bonchev–Trinajstić information content (AvgIpc) is 2.62. The lowest BCUT2D eigenvalue weighted by Gasteiger charge is -2.41. The van der Waals surface area contributed by atoms with E-state index in [-0.39, 0.29) is 24.3 Å². The Bertz CT molecular complexity index is 365. The molecule has 1 fully saturated rings. The zero-order valence-electron chi connectivity index (χ0n) is 9.38. The van der Waals surface area contributed by atoms with Gasteiger partial charge in [-0.05, 0) is 13.8 Å². The number of rotatable bonds is 2. The zero-order valence-corrected chi connectivity index (χ0v) is 9.38. The fraction of sp³-hybridized carbons (Fsp3) is 0.778. The second-order valence-electron chi connectivity index (χ2n) is 4.49. The van der Waals surface area contributed by atoms with E-state index in [1.807, 2.05) is 18.7 Å². The fourth-order valence-electron chi connectivity index (χ4n) is 1.89. The van der Waals surface area contributed by atoms with Crippen LogP contribution in [-0.2, 0) is 4.74 Å². The first kappa shape index (κ1) is 11.2. The number of ether oxygens (including phenoxy) is 1. The van der Waals surface area contributed by atoms with Crippen molar-refractivity contribution in [2.24, 2.45) is 0 Å². The number of aliphatic hydroxyl groups excluding tert-OH is 1. The molecule has 1 aliphatic heterocycles. The van der Waals surface area contributed by atoms with Gasteiger partial charge in [0.2, 0.25) is 0 Å². The maximum absolute atomic E-state index is 9.15. The van der Waals surface area contributed by atoms with Gasteiger partial charge in [0.05, 0.1) is 31.4 Å². The minimum Gasteiger partial charge on any atom is -0.394 e. The summed E-state index contributed by atoms with van der Waals surface area (Å²) in [5.74, 6) is 0. The molecule has 2 rings (SSSR count). The molecule has 90 valence electrons. The molecular weight excluding hydrogens is 212 g/mol. The van der Waals surface area contributed by atoms with E-state index in [4.69, 9.17) is 20.0 Å². The summed E-state index contributed by atoms with van der Waals surface area (Å²) < 4.78 is 10.8. The van der Waals surface area contributed by atoms with Gasteiger partial charge in [-0.15, -0.1) is 0 Å². The van der Waals surface area contributed by atoms with Crippen LogP contribution < -0.4 is 10.6 Å². The molecule has 1 atom stereocenters. The molecule has 1 aliphatic rings. The van der Waals surface area contributed by atoms with Gasteiger partial charge < -0.3 is 24.9 Å². The Balaban J connectivity index is 2.15. The molecule has 7 nitrogen and oxygen atoms in total. The number of nitrogens with zero attached hydrogens (tertiary/aromatic N) is 3. The van der Waals surface area contributed by atoms with Crippen molar-refractivity contribution in [1.82, 2.24) is 10.2 Å². The van der Waals surface area contributed by atoms with E-state index >= 15 is 0 Å². The molecule has 7 heteroatoms. The molecule has 1 aromatic rings. The minimum atomic E-state index is -0.366. The predicted octanol–water partition coefficient (Wildman–Crippen LogP) is -0.372. The topological polar surface area (TPSA) is 97.6 Å². The van der Waals surface area contributed by atoms with Crippen molar-refractivity contribution in [2.45, 2.75) is 25.6 Å². The summed E-state index contributed by atoms with van der Waals surface area (Å²) in [5, 5.41) is 16.6. The number of aliphatic hydroxyl groups is 1. The first-order chi connectivity index (χ1) is 7.50. The minimum absolute atomic E-state index is 0.0381. The highest BCUT2D eigenvalue weighted by atomic mass is 16.5. The third kappa shape index (κ3) is 2.25. The molecule has 1 unspecified atom stereocenters. The van der Waals surface area contributed by atoms with E-state index in [0.29, 0.717) is 19.1 Å². The summed E-state index contributed by atoms with van der Waals surface area (Å²) in [6.07, 6.45) is -0.253. The first-order valence-electron chi connectivity index (χ1n) is 5.13. The van der Waals surface area contributed by atoms with E-state index in [2.05, 4.69) is 10.2 Å². The summed E-state index contributed by atoms with van der Waals surface area (Å²) in [6, 6.07) is 0.409. The van der Waals surface area contributed by atoms with E-state index < -0.39 is 0 Å². The molecule has 0 amide bonds. The monoisotopic (exact) mass is 228 g/mol. The quantitative estimate of drug-likeness (QED) is 0.712. The van der Waals surface area contributed by atoms with E-state index in [0.717, 1.165) is 0 Å². The summed E-state index contributed by atoms with van der Waals surface area (Å²) in [6.45, 7) is 4.99. The van der Waals surface area contributed by atoms with Crippen molar-refractivity contribution in [3.05, 3.63) is 0 Å². The van der Waals surface area contributed by atoms with E-state index in [1.54, 1.807) is 0 Å². The average molecular weight is 228 g/mol. The second kappa shape index (κ2) is 3.91. The van der Waals surface area contributed by atoms with Crippen molar-refractivity contribution in [2.75, 3.05) is 30.3 Å². The van der Waals surface area contributed by atoms with E-state index in [9.17, 15) is 0 Å². The molecule has 0 bridgehead atoms. The van der Waals surface area contributed by atoms with Crippen LogP contribution in [0.4, 0.5) is 12.0 Å². The second-order valence-corrected chi connectivity index (χ2v) is 4.49. The van der Waals surface area contributed by atoms with Crippen molar-refractivity contribution in [1.29, 1.82) is 0 Å². The highest BCUT2D eigenvalue weighted by molar-refractivity contribution is 5.29. The van der Waals surface area contributed by atoms with Crippen LogP contribution in [0.5, 0.6) is 0 Å². The third-order valence-corrected chi connectivity index (χ3v) is 2.39. The van der Waals surface area contributed by atoms with Gasteiger partial charge in [-0.1, -0.05) is 10.2 Å². The number of aromatic nitrogens is 2. The molecular formula is C9H16N4O3. The Labute approximate surface area is 93.2 Å². The highest BCUT2D eigenvalue weighted by Crippen LogP contribution is 2.25. The maximum Gasteiger partial charge on any atom is 0.319 e. The van der Waals surface area contributed by atoms with Gasteiger partial charge in [-0.25, -0.2) is 0 Å². The smallest absolute Gasteiger partial charge is 0.319 e. The van der Waals surface area contributed by atoms with Crippen LogP contribution in [0.3, 0.4) is 0 Å². The molecule has 3 N–H and O–H groups in total. The van der Waals surface area contributed by atoms with Crippen LogP contribution in [0.15, 0.2) is 4.42 Å². The third-order valence-electron chi connectivity index (χ3n) is 2.39. The molecule has 0 aliphatic carbocycles. The lowest BCUT2D eigenvalue weighted by molar-refractivity contribution is -0.101. The molecule has 1 saturated heterocycles. The number of morpholine rings is 1. The van der Waals surface area contributed by atoms with Crippen LogP contribution in [0, 0.1) is 0 Å². The van der Waals surface area contributed by atoms with Gasteiger partial charge in [0.15, 0.2) is 0 Å². The number of hydrogen-bond donors (Lipinski definition) is 2. The van der Waals surface area contributed by atoms with Crippen LogP contribution in [0.1, 0.15) is 13.8 Å². The summed E-state index contributed by atoms with van der Waals surface area (Å²) in [7, 11) is 0. The maximum atomic E-state index is 9.15. The number of nitrogens with two attached hydrogens (primary N) is 1. The van der Waals surface area contributed by atoms with Crippen LogP contribution in [-0.4, -0.2) is 46.7 Å². The van der Waals surface area contributed by atoms with Crippen molar-refractivity contribution < 1.29 is 14.3 Å². The molecule has 16 heavy (non-hydrogen) atoms. The van der Waals surface area contributed by atoms with Gasteiger partial charge in [0.25, 0.3) is 0 Å². The fourth-order valence-corrected chi connectivity index (χ4v) is 1.89. The SMILES string of the molecule is CC1(C)CN(c2nnc(N)o2)CC(CO)O1. The Morgan fingerprint density at radius 2 is 2.31 bits per heavy atom. The Morgan fingerprint density at radius 3 is 2.88 bits per heavy atom. The largest absolute Gasteiger partial charge is 0.394 e. The highest BCUT2D eigenvalue weighted by Gasteiger charge is 2.35. The van der Waals surface area contributed by atoms with Gasteiger partial charge in [-0.2, -0.15) is 0 Å². The lowest BCUT2D eigenvalue weighted by Crippen LogP contribution is -2.54. The molecule has 0 spiro atoms. The van der Waals surface area contributed by atoms with Gasteiger partial charge in [0.1, 0.15) is 0 Å². The van der Waals surface area contributed by atoms with Gasteiger partial charge >= 0.3 is 12.0 Å². The lowest BCUT2D eigenvalue weighted by atomic mass is 10.1. The molecule has 1 aromatic heterocycles. The van der Waals surface area contributed by atoms with Gasteiger partial charge in [-0.3, -0.25) is 0 Å². The summed E-state index contributed by atoms with van der Waals surface area (Å²) in [5.41, 5.74) is 5.01. The zero-order chi connectivity index (χ0) is 11.8. The normalized spacial score (nSPS) is 24.7. The standard InChI is InChI=1S/C9H16N4O3/c1-9(2)5-13(3-6(4-14)16-9)8-12-11-7(10)15-8/h6,14H,3-5H2,1-2H3,(H2,10,11). The molecule has 0 aromatic carbocycles. The number of anilines is 2. The number of nitrogen functional groups attached to an aromatic ring is 1. The van der Waals surface area contributed by atoms with Crippen molar-refractivity contribution in [3.8, 4) is 0 Å². The van der Waals surface area contributed by atoms with Crippen LogP contribution in [0.25, 0.3) is 0 Å². The van der Waals surface area contributed by atoms with E-state index in [1.165, 1.54) is 0 Å². The van der Waals surface area contributed by atoms with Crippen LogP contribution >= 0.6 is 0 Å². The Hall–Kier alpha value is -1.34. The predicted molar refractivity (Wildman–Crippen MR) is 57.0 cm³/mol. The number of hydrogen-bond acceptors (Lipinski definition) is 7. The first-order valence-corrected chi connectivity index (χ1v) is 5.13. The summed E-state index contributed by atoms with van der Waals surface area (Å²) in [4.78, 5) is 1.87.